The van der Waals surface area contributed by atoms with Crippen molar-refractivity contribution in [2.45, 2.75) is 32.5 Å². The molecule has 0 aliphatic carbocycles. The number of carbonyl (C=O) groups excluding carboxylic acids is 1. The molecule has 0 spiro atoms. The number of halogens is 3. The summed E-state index contributed by atoms with van der Waals surface area (Å²) in [6.45, 7) is 5.66. The highest BCUT2D eigenvalue weighted by Gasteiger charge is 2.31. The third-order valence-electron chi connectivity index (χ3n) is 5.14. The third kappa shape index (κ3) is 4.92. The van der Waals surface area contributed by atoms with Crippen molar-refractivity contribution in [2.75, 3.05) is 36.0 Å². The number of piperazine rings is 1. The predicted octanol–water partition coefficient (Wildman–Crippen LogP) is 2.64. The molecule has 7 nitrogen and oxygen atoms in total. The lowest BCUT2D eigenvalue weighted by Gasteiger charge is -2.36. The molecule has 1 aliphatic heterocycles. The van der Waals surface area contributed by atoms with E-state index in [2.05, 4.69) is 15.3 Å². The zero-order valence-electron chi connectivity index (χ0n) is 16.8. The molecule has 2 heterocycles. The summed E-state index contributed by atoms with van der Waals surface area (Å²) in [4.78, 5) is 35.0. The van der Waals surface area contributed by atoms with Gasteiger partial charge in [0, 0.05) is 44.1 Å². The van der Waals surface area contributed by atoms with Crippen LogP contribution in [0.25, 0.3) is 0 Å². The number of nitrogens with zero attached hydrogens (tertiary/aromatic N) is 3. The Morgan fingerprint density at radius 1 is 1.23 bits per heavy atom. The second-order valence-corrected chi connectivity index (χ2v) is 7.25. The number of carbonyl (C=O) groups is 1. The minimum atomic E-state index is -4.38. The fraction of sp³-hybridized carbons (Fsp3) is 0.450. The Morgan fingerprint density at radius 2 is 1.90 bits per heavy atom. The Hall–Kier alpha value is -3.04. The van der Waals surface area contributed by atoms with Crippen LogP contribution in [-0.4, -0.2) is 48.1 Å². The summed E-state index contributed by atoms with van der Waals surface area (Å²) in [7, 11) is 0. The van der Waals surface area contributed by atoms with Crippen LogP contribution in [-0.2, 0) is 6.18 Å². The van der Waals surface area contributed by atoms with Gasteiger partial charge in [-0.3, -0.25) is 14.6 Å². The fourth-order valence-electron chi connectivity index (χ4n) is 3.17. The van der Waals surface area contributed by atoms with E-state index < -0.39 is 23.2 Å². The van der Waals surface area contributed by atoms with Crippen molar-refractivity contribution in [2.24, 2.45) is 0 Å². The molecule has 1 saturated heterocycles. The topological polar surface area (TPSA) is 81.3 Å². The first-order valence-electron chi connectivity index (χ1n) is 9.76. The first-order valence-corrected chi connectivity index (χ1v) is 9.76. The molecule has 0 saturated carbocycles. The van der Waals surface area contributed by atoms with Crippen LogP contribution >= 0.6 is 0 Å². The smallest absolute Gasteiger partial charge is 0.368 e. The van der Waals surface area contributed by atoms with Gasteiger partial charge in [0.1, 0.15) is 5.56 Å². The zero-order chi connectivity index (χ0) is 21.9. The third-order valence-corrected chi connectivity index (χ3v) is 5.14. The van der Waals surface area contributed by atoms with Gasteiger partial charge in [-0.25, -0.2) is 4.98 Å². The minimum Gasteiger partial charge on any atom is -0.368 e. The van der Waals surface area contributed by atoms with E-state index in [1.165, 1.54) is 12.3 Å². The highest BCUT2D eigenvalue weighted by atomic mass is 19.4. The van der Waals surface area contributed by atoms with Crippen molar-refractivity contribution >= 4 is 17.5 Å². The molecule has 1 amide bonds. The normalized spacial score (nSPS) is 15.8. The number of aromatic amines is 1. The molecule has 1 fully saturated rings. The molecule has 1 atom stereocenters. The number of hydrogen-bond acceptors (Lipinski definition) is 5. The highest BCUT2D eigenvalue weighted by Crippen LogP contribution is 2.32. The molecule has 1 aliphatic rings. The molecule has 1 unspecified atom stereocenters. The van der Waals surface area contributed by atoms with Gasteiger partial charge in [-0.2, -0.15) is 13.2 Å². The molecule has 2 N–H and O–H groups in total. The molecule has 0 bridgehead atoms. The number of amides is 1. The standard InChI is InChI=1S/C20H24F3N5O2/c1-3-13(2)25-17(29)16-12-24-19(26-18(16)30)28-9-7-27(8-10-28)15-6-4-5-14(11-15)20(21,22)23/h4-6,11-13H,3,7-10H2,1-2H3,(H,25,29)(H,24,26,30). The Labute approximate surface area is 171 Å². The van der Waals surface area contributed by atoms with Gasteiger partial charge in [0.25, 0.3) is 11.5 Å². The van der Waals surface area contributed by atoms with Crippen LogP contribution in [0, 0.1) is 0 Å². The summed E-state index contributed by atoms with van der Waals surface area (Å²) in [5.74, 6) is -0.136. The number of anilines is 2. The molecule has 162 valence electrons. The van der Waals surface area contributed by atoms with Crippen molar-refractivity contribution < 1.29 is 18.0 Å². The second-order valence-electron chi connectivity index (χ2n) is 7.25. The van der Waals surface area contributed by atoms with E-state index in [0.29, 0.717) is 37.8 Å². The number of rotatable bonds is 5. The number of alkyl halides is 3. The summed E-state index contributed by atoms with van der Waals surface area (Å²) in [5, 5.41) is 2.73. The van der Waals surface area contributed by atoms with Crippen LogP contribution in [0.15, 0.2) is 35.3 Å². The van der Waals surface area contributed by atoms with Gasteiger partial charge in [-0.05, 0) is 31.5 Å². The van der Waals surface area contributed by atoms with Gasteiger partial charge in [0.2, 0.25) is 5.95 Å². The minimum absolute atomic E-state index is 0.0540. The quantitative estimate of drug-likeness (QED) is 0.773. The van der Waals surface area contributed by atoms with E-state index in [9.17, 15) is 22.8 Å². The van der Waals surface area contributed by atoms with Crippen molar-refractivity contribution in [3.63, 3.8) is 0 Å². The van der Waals surface area contributed by atoms with E-state index in [1.54, 1.807) is 6.07 Å². The fourth-order valence-corrected chi connectivity index (χ4v) is 3.17. The summed E-state index contributed by atoms with van der Waals surface area (Å²) in [5.41, 5.74) is -0.759. The lowest BCUT2D eigenvalue weighted by molar-refractivity contribution is -0.137. The summed E-state index contributed by atoms with van der Waals surface area (Å²) < 4.78 is 38.8. The summed E-state index contributed by atoms with van der Waals surface area (Å²) >= 11 is 0. The molecule has 3 rings (SSSR count). The van der Waals surface area contributed by atoms with Crippen molar-refractivity contribution in [1.82, 2.24) is 15.3 Å². The van der Waals surface area contributed by atoms with Crippen LogP contribution < -0.4 is 20.7 Å². The van der Waals surface area contributed by atoms with E-state index in [4.69, 9.17) is 0 Å². The Kier molecular flexibility index (Phi) is 6.33. The van der Waals surface area contributed by atoms with Gasteiger partial charge in [-0.1, -0.05) is 13.0 Å². The first kappa shape index (κ1) is 21.7. The number of hydrogen-bond donors (Lipinski definition) is 2. The maximum absolute atomic E-state index is 12.9. The average Bonchev–Trinajstić information content (AvgIpc) is 2.73. The molecule has 1 aromatic heterocycles. The molecular formula is C20H24F3N5O2. The Morgan fingerprint density at radius 3 is 2.50 bits per heavy atom. The molecule has 30 heavy (non-hydrogen) atoms. The van der Waals surface area contributed by atoms with Gasteiger partial charge >= 0.3 is 6.18 Å². The van der Waals surface area contributed by atoms with Crippen molar-refractivity contribution in [1.29, 1.82) is 0 Å². The van der Waals surface area contributed by atoms with Crippen LogP contribution in [0.5, 0.6) is 0 Å². The second kappa shape index (κ2) is 8.76. The van der Waals surface area contributed by atoms with Crippen molar-refractivity contribution in [3.8, 4) is 0 Å². The lowest BCUT2D eigenvalue weighted by Crippen LogP contribution is -2.47. The number of benzene rings is 1. The van der Waals surface area contributed by atoms with Gasteiger partial charge < -0.3 is 15.1 Å². The van der Waals surface area contributed by atoms with E-state index in [-0.39, 0.29) is 11.6 Å². The van der Waals surface area contributed by atoms with Crippen molar-refractivity contribution in [3.05, 3.63) is 51.9 Å². The highest BCUT2D eigenvalue weighted by molar-refractivity contribution is 5.93. The Balaban J connectivity index is 1.66. The van der Waals surface area contributed by atoms with E-state index in [0.717, 1.165) is 18.6 Å². The molecule has 0 radical (unpaired) electrons. The largest absolute Gasteiger partial charge is 0.416 e. The molecule has 2 aromatic rings. The van der Waals surface area contributed by atoms with Crippen LogP contribution in [0.1, 0.15) is 36.2 Å². The summed E-state index contributed by atoms with van der Waals surface area (Å²) in [6.07, 6.45) is -2.39. The zero-order valence-corrected chi connectivity index (χ0v) is 16.8. The first-order chi connectivity index (χ1) is 14.2. The Bertz CT molecular complexity index is 952. The van der Waals surface area contributed by atoms with Gasteiger partial charge in [0.15, 0.2) is 0 Å². The maximum atomic E-state index is 12.9. The summed E-state index contributed by atoms with van der Waals surface area (Å²) in [6, 6.07) is 5.18. The molecule has 10 heteroatoms. The molecular weight excluding hydrogens is 399 g/mol. The molecule has 1 aromatic carbocycles. The SMILES string of the molecule is CCC(C)NC(=O)c1cnc(N2CCN(c3cccc(C(F)(F)F)c3)CC2)[nH]c1=O. The number of nitrogens with one attached hydrogen (secondary N) is 2. The van der Waals surface area contributed by atoms with Crippen LogP contribution in [0.2, 0.25) is 0 Å². The predicted molar refractivity (Wildman–Crippen MR) is 108 cm³/mol. The van der Waals surface area contributed by atoms with Crippen LogP contribution in [0.4, 0.5) is 24.8 Å². The van der Waals surface area contributed by atoms with E-state index >= 15 is 0 Å². The van der Waals surface area contributed by atoms with Gasteiger partial charge in [-0.15, -0.1) is 0 Å². The average molecular weight is 423 g/mol. The van der Waals surface area contributed by atoms with Gasteiger partial charge in [0.05, 0.1) is 5.56 Å². The maximum Gasteiger partial charge on any atom is 0.416 e. The number of aromatic nitrogens is 2. The van der Waals surface area contributed by atoms with Crippen LogP contribution in [0.3, 0.4) is 0 Å². The lowest BCUT2D eigenvalue weighted by atomic mass is 10.1. The van der Waals surface area contributed by atoms with E-state index in [1.807, 2.05) is 23.6 Å². The number of H-pyrrole nitrogens is 1. The monoisotopic (exact) mass is 423 g/mol.